The van der Waals surface area contributed by atoms with Crippen molar-refractivity contribution in [2.75, 3.05) is 4.90 Å². The molecule has 3 rings (SSSR count). The summed E-state index contributed by atoms with van der Waals surface area (Å²) in [6.45, 7) is 0. The molecule has 4 nitrogen and oxygen atoms in total. The number of hydrogen-bond acceptors (Lipinski definition) is 3. The van der Waals surface area contributed by atoms with Crippen molar-refractivity contribution < 1.29 is 4.92 Å². The summed E-state index contributed by atoms with van der Waals surface area (Å²) in [5.74, 6) is 0. The topological polar surface area (TPSA) is 46.4 Å². The number of nitro groups is 1. The molecule has 114 valence electrons. The zero-order chi connectivity index (χ0) is 16.2. The third kappa shape index (κ3) is 3.24. The summed E-state index contributed by atoms with van der Waals surface area (Å²) < 4.78 is 0.465. The summed E-state index contributed by atoms with van der Waals surface area (Å²) in [7, 11) is 0. The van der Waals surface area contributed by atoms with Gasteiger partial charge in [-0.2, -0.15) is 0 Å². The molecule has 5 heteroatoms. The van der Waals surface area contributed by atoms with Gasteiger partial charge in [0.2, 0.25) is 0 Å². The van der Waals surface area contributed by atoms with E-state index in [1.807, 2.05) is 71.6 Å². The first kappa shape index (κ1) is 15.2. The smallest absolute Gasteiger partial charge is 0.285 e. The highest BCUT2D eigenvalue weighted by atomic mass is 79.9. The Morgan fingerprint density at radius 1 is 0.783 bits per heavy atom. The maximum Gasteiger partial charge on any atom is 0.285 e. The molecule has 0 spiro atoms. The molecule has 0 saturated carbocycles. The average Bonchev–Trinajstić information content (AvgIpc) is 2.58. The standard InChI is InChI=1S/C18H13BrN2O2/c19-17-12-11-16(13-18(17)21(22)23)20(14-7-3-1-4-8-14)15-9-5-2-6-10-15/h1-13H. The number of anilines is 3. The molecule has 0 heterocycles. The first-order valence-electron chi connectivity index (χ1n) is 7.01. The van der Waals surface area contributed by atoms with E-state index in [0.717, 1.165) is 17.1 Å². The fourth-order valence-electron chi connectivity index (χ4n) is 2.38. The molecule has 0 unspecified atom stereocenters. The van der Waals surface area contributed by atoms with Crippen LogP contribution in [0.15, 0.2) is 83.3 Å². The van der Waals surface area contributed by atoms with Crippen molar-refractivity contribution >= 4 is 38.7 Å². The molecule has 0 N–H and O–H groups in total. The molecule has 0 radical (unpaired) electrons. The Morgan fingerprint density at radius 3 is 1.78 bits per heavy atom. The summed E-state index contributed by atoms with van der Waals surface area (Å²) in [4.78, 5) is 12.8. The molecule has 0 atom stereocenters. The molecule has 0 amide bonds. The second-order valence-corrected chi connectivity index (χ2v) is 5.75. The van der Waals surface area contributed by atoms with E-state index in [0.29, 0.717) is 4.47 Å². The number of hydrogen-bond donors (Lipinski definition) is 0. The number of nitro benzene ring substituents is 1. The fraction of sp³-hybridized carbons (Fsp3) is 0. The summed E-state index contributed by atoms with van der Waals surface area (Å²) in [5.41, 5.74) is 2.65. The summed E-state index contributed by atoms with van der Waals surface area (Å²) in [6, 6.07) is 24.7. The minimum absolute atomic E-state index is 0.0411. The largest absolute Gasteiger partial charge is 0.310 e. The van der Waals surface area contributed by atoms with Gasteiger partial charge in [0.05, 0.1) is 15.1 Å². The van der Waals surface area contributed by atoms with Crippen LogP contribution in [0.25, 0.3) is 0 Å². The van der Waals surface area contributed by atoms with E-state index in [-0.39, 0.29) is 10.6 Å². The fourth-order valence-corrected chi connectivity index (χ4v) is 2.77. The van der Waals surface area contributed by atoms with Gasteiger partial charge < -0.3 is 4.90 Å². The van der Waals surface area contributed by atoms with Crippen LogP contribution in [0.4, 0.5) is 22.7 Å². The third-order valence-corrected chi connectivity index (χ3v) is 4.08. The van der Waals surface area contributed by atoms with Gasteiger partial charge in [-0.1, -0.05) is 36.4 Å². The van der Waals surface area contributed by atoms with E-state index in [1.54, 1.807) is 12.1 Å². The predicted octanol–water partition coefficient (Wildman–Crippen LogP) is 5.83. The minimum Gasteiger partial charge on any atom is -0.310 e. The number of nitrogens with zero attached hydrogens (tertiary/aromatic N) is 2. The van der Waals surface area contributed by atoms with Crippen molar-refractivity contribution in [1.29, 1.82) is 0 Å². The van der Waals surface area contributed by atoms with Gasteiger partial charge in [-0.25, -0.2) is 0 Å². The SMILES string of the molecule is O=[N+]([O-])c1cc(N(c2ccccc2)c2ccccc2)ccc1Br. The van der Waals surface area contributed by atoms with Gasteiger partial charge in [0.25, 0.3) is 5.69 Å². The van der Waals surface area contributed by atoms with Crippen molar-refractivity contribution in [3.63, 3.8) is 0 Å². The van der Waals surface area contributed by atoms with Crippen molar-refractivity contribution in [2.45, 2.75) is 0 Å². The molecule has 3 aromatic rings. The molecule has 0 aliphatic rings. The zero-order valence-electron chi connectivity index (χ0n) is 12.1. The van der Waals surface area contributed by atoms with Crippen molar-refractivity contribution in [3.8, 4) is 0 Å². The Labute approximate surface area is 142 Å². The normalized spacial score (nSPS) is 10.3. The van der Waals surface area contributed by atoms with Crippen LogP contribution in [0.1, 0.15) is 0 Å². The zero-order valence-corrected chi connectivity index (χ0v) is 13.7. The number of rotatable bonds is 4. The molecule has 0 bridgehead atoms. The summed E-state index contributed by atoms with van der Waals surface area (Å²) in [5, 5.41) is 11.2. The molecular weight excluding hydrogens is 356 g/mol. The highest BCUT2D eigenvalue weighted by Crippen LogP contribution is 2.37. The number of para-hydroxylation sites is 2. The Kier molecular flexibility index (Phi) is 4.39. The lowest BCUT2D eigenvalue weighted by molar-refractivity contribution is -0.385. The lowest BCUT2D eigenvalue weighted by atomic mass is 10.2. The molecule has 23 heavy (non-hydrogen) atoms. The van der Waals surface area contributed by atoms with Crippen LogP contribution in [0.3, 0.4) is 0 Å². The molecular formula is C18H13BrN2O2. The minimum atomic E-state index is -0.387. The van der Waals surface area contributed by atoms with Crippen LogP contribution in [-0.4, -0.2) is 4.92 Å². The highest BCUT2D eigenvalue weighted by Gasteiger charge is 2.18. The highest BCUT2D eigenvalue weighted by molar-refractivity contribution is 9.10. The van der Waals surface area contributed by atoms with Crippen LogP contribution in [0, 0.1) is 10.1 Å². The van der Waals surface area contributed by atoms with Crippen LogP contribution in [0.2, 0.25) is 0 Å². The van der Waals surface area contributed by atoms with E-state index in [1.165, 1.54) is 0 Å². The number of benzene rings is 3. The molecule has 0 aliphatic carbocycles. The van der Waals surface area contributed by atoms with Crippen LogP contribution < -0.4 is 4.90 Å². The van der Waals surface area contributed by atoms with Gasteiger partial charge in [-0.15, -0.1) is 0 Å². The van der Waals surface area contributed by atoms with E-state index >= 15 is 0 Å². The van der Waals surface area contributed by atoms with Crippen molar-refractivity contribution in [1.82, 2.24) is 0 Å². The van der Waals surface area contributed by atoms with Crippen molar-refractivity contribution in [3.05, 3.63) is 93.4 Å². The molecule has 3 aromatic carbocycles. The molecule has 0 aliphatic heterocycles. The summed E-state index contributed by atoms with van der Waals surface area (Å²) in [6.07, 6.45) is 0. The molecule has 0 fully saturated rings. The monoisotopic (exact) mass is 368 g/mol. The van der Waals surface area contributed by atoms with Gasteiger partial charge in [0, 0.05) is 17.4 Å². The molecule has 0 saturated heterocycles. The van der Waals surface area contributed by atoms with E-state index in [4.69, 9.17) is 0 Å². The van der Waals surface area contributed by atoms with Crippen LogP contribution in [-0.2, 0) is 0 Å². The van der Waals surface area contributed by atoms with Crippen molar-refractivity contribution in [2.24, 2.45) is 0 Å². The van der Waals surface area contributed by atoms with Crippen LogP contribution >= 0.6 is 15.9 Å². The first-order chi connectivity index (χ1) is 11.2. The van der Waals surface area contributed by atoms with E-state index < -0.39 is 0 Å². The van der Waals surface area contributed by atoms with Gasteiger partial charge in [-0.05, 0) is 52.3 Å². The third-order valence-electron chi connectivity index (χ3n) is 3.41. The maximum atomic E-state index is 11.2. The van der Waals surface area contributed by atoms with E-state index in [2.05, 4.69) is 15.9 Å². The van der Waals surface area contributed by atoms with Gasteiger partial charge in [-0.3, -0.25) is 10.1 Å². The average molecular weight is 369 g/mol. The first-order valence-corrected chi connectivity index (χ1v) is 7.80. The quantitative estimate of drug-likeness (QED) is 0.430. The lowest BCUT2D eigenvalue weighted by Gasteiger charge is -2.25. The van der Waals surface area contributed by atoms with Gasteiger partial charge in [0.1, 0.15) is 0 Å². The second kappa shape index (κ2) is 6.62. The number of halogens is 1. The molecule has 0 aromatic heterocycles. The Balaban J connectivity index is 2.17. The predicted molar refractivity (Wildman–Crippen MR) is 95.5 cm³/mol. The Bertz CT molecular complexity index is 783. The van der Waals surface area contributed by atoms with Crippen LogP contribution in [0.5, 0.6) is 0 Å². The Morgan fingerprint density at radius 2 is 1.30 bits per heavy atom. The summed E-state index contributed by atoms with van der Waals surface area (Å²) >= 11 is 3.23. The van der Waals surface area contributed by atoms with Gasteiger partial charge >= 0.3 is 0 Å². The van der Waals surface area contributed by atoms with E-state index in [9.17, 15) is 10.1 Å². The van der Waals surface area contributed by atoms with Gasteiger partial charge in [0.15, 0.2) is 0 Å². The lowest BCUT2D eigenvalue weighted by Crippen LogP contribution is -2.10. The Hall–Kier alpha value is -2.66. The second-order valence-electron chi connectivity index (χ2n) is 4.90. The maximum absolute atomic E-state index is 11.2.